The number of carboxylic acids is 4. The number of thiocarbonyl (C=S) groups is 2. The number of nitrogens with zero attached hydrogens (tertiary/aromatic N) is 4. The summed E-state index contributed by atoms with van der Waals surface area (Å²) in [5.41, 5.74) is 1.56. The van der Waals surface area contributed by atoms with Crippen LogP contribution in [0.25, 0.3) is 22.8 Å². The van der Waals surface area contributed by atoms with Gasteiger partial charge in [0, 0.05) is 44.3 Å². The molecule has 0 aromatic carbocycles. The Balaban J connectivity index is 0.000000680. The number of hydrogen-bond acceptors (Lipinski definition) is 12. The second-order valence-corrected chi connectivity index (χ2v) is 7.55. The van der Waals surface area contributed by atoms with Crippen molar-refractivity contribution in [2.24, 2.45) is 0 Å². The van der Waals surface area contributed by atoms with Gasteiger partial charge in [-0.1, -0.05) is 0 Å². The summed E-state index contributed by atoms with van der Waals surface area (Å²) in [5.74, 6) is -4.30. The van der Waals surface area contributed by atoms with Gasteiger partial charge in [-0.05, 0) is 73.0 Å². The molecule has 43 heavy (non-hydrogen) atoms. The van der Waals surface area contributed by atoms with E-state index in [0.717, 1.165) is 0 Å². The average molecular weight is 708 g/mol. The van der Waals surface area contributed by atoms with Crippen molar-refractivity contribution < 1.29 is 59.1 Å². The third-order valence-electron chi connectivity index (χ3n) is 4.55. The van der Waals surface area contributed by atoms with Crippen LogP contribution in [0.4, 0.5) is 0 Å². The number of carboxylic acid groups (broad SMARTS) is 4. The van der Waals surface area contributed by atoms with E-state index in [0.29, 0.717) is 22.8 Å². The Bertz CT molecular complexity index is 1440. The normalized spacial score (nSPS) is 8.74. The zero-order valence-electron chi connectivity index (χ0n) is 21.3. The minimum Gasteiger partial charge on any atom is -0.478 e. The van der Waals surface area contributed by atoms with Gasteiger partial charge in [0.05, 0.1) is 55.4 Å². The quantitative estimate of drug-likeness (QED) is 0.0923. The molecule has 0 amide bonds. The van der Waals surface area contributed by atoms with Crippen LogP contribution in [0, 0.1) is 10.8 Å². The van der Waals surface area contributed by atoms with E-state index in [1.807, 2.05) is 0 Å². The van der Waals surface area contributed by atoms with E-state index in [-0.39, 0.29) is 41.7 Å². The number of carbonyl (C=O) groups is 4. The molecule has 4 aromatic rings. The van der Waals surface area contributed by atoms with Crippen molar-refractivity contribution in [2.45, 2.75) is 0 Å². The van der Waals surface area contributed by atoms with Gasteiger partial charge in [-0.3, -0.25) is 19.9 Å². The van der Waals surface area contributed by atoms with Crippen LogP contribution in [-0.4, -0.2) is 74.6 Å². The Morgan fingerprint density at radius 1 is 0.512 bits per heavy atom. The van der Waals surface area contributed by atoms with Crippen molar-refractivity contribution >= 4 is 58.6 Å². The van der Waals surface area contributed by atoms with Crippen LogP contribution in [0.3, 0.4) is 0 Å². The molecule has 0 atom stereocenters. The van der Waals surface area contributed by atoms with Gasteiger partial charge in [-0.2, -0.15) is 0 Å². The molecule has 0 spiro atoms. The molecular weight excluding hydrogens is 690 g/mol. The van der Waals surface area contributed by atoms with Crippen molar-refractivity contribution in [1.82, 2.24) is 19.9 Å². The van der Waals surface area contributed by atoms with Gasteiger partial charge < -0.3 is 20.4 Å². The molecule has 14 nitrogen and oxygen atoms in total. The van der Waals surface area contributed by atoms with Crippen molar-refractivity contribution in [3.8, 4) is 22.8 Å². The van der Waals surface area contributed by atoms with Crippen molar-refractivity contribution in [3.63, 3.8) is 0 Å². The fourth-order valence-corrected chi connectivity index (χ4v) is 2.81. The number of hydrogen-bond donors (Lipinski definition) is 6. The fraction of sp³-hybridized carbons (Fsp3) is 0. The van der Waals surface area contributed by atoms with Gasteiger partial charge in [0.2, 0.25) is 0 Å². The number of aromatic carboxylic acids is 4. The van der Waals surface area contributed by atoms with Crippen LogP contribution in [-0.2, 0) is 19.5 Å². The Labute approximate surface area is 265 Å². The van der Waals surface area contributed by atoms with Gasteiger partial charge in [-0.25, -0.2) is 30.0 Å². The number of rotatable bonds is 6. The summed E-state index contributed by atoms with van der Waals surface area (Å²) in [6.45, 7) is 0. The summed E-state index contributed by atoms with van der Waals surface area (Å²) in [6.07, 6.45) is 5.36. The fourth-order valence-electron chi connectivity index (χ4n) is 2.81. The summed E-state index contributed by atoms with van der Waals surface area (Å²) in [4.78, 5) is 59.2. The first-order valence-corrected chi connectivity index (χ1v) is 11.7. The molecule has 4 rings (SSSR count). The standard InChI is InChI=1S/2C12H8N2O4.2CHNS.Ru/c2*15-11(16)7-1-3-13-9(5-7)10-6-8(12(17)18)2-4-14-10;2*2-1-3;/h2*1-6H,(H,15,16)(H,17,18);2*2H;. The molecule has 0 saturated carbocycles. The van der Waals surface area contributed by atoms with Crippen LogP contribution < -0.4 is 0 Å². The Morgan fingerprint density at radius 3 is 0.814 bits per heavy atom. The topological polar surface area (TPSA) is 248 Å². The van der Waals surface area contributed by atoms with E-state index in [1.54, 1.807) is 10.3 Å². The number of pyridine rings is 4. The van der Waals surface area contributed by atoms with Crippen molar-refractivity contribution in [3.05, 3.63) is 95.6 Å². The van der Waals surface area contributed by atoms with E-state index in [1.165, 1.54) is 73.3 Å². The predicted molar refractivity (Wildman–Crippen MR) is 153 cm³/mol. The van der Waals surface area contributed by atoms with E-state index in [2.05, 4.69) is 44.4 Å². The molecule has 220 valence electrons. The molecule has 0 unspecified atom stereocenters. The summed E-state index contributed by atoms with van der Waals surface area (Å²) >= 11 is 7.62. The summed E-state index contributed by atoms with van der Waals surface area (Å²) in [6, 6.07) is 10.8. The maximum Gasteiger partial charge on any atom is 0.335 e. The monoisotopic (exact) mass is 708 g/mol. The van der Waals surface area contributed by atoms with Crippen LogP contribution >= 0.6 is 24.4 Å². The molecule has 0 radical (unpaired) electrons. The van der Waals surface area contributed by atoms with E-state index >= 15 is 0 Å². The Kier molecular flexibility index (Phi) is 17.3. The predicted octanol–water partition coefficient (Wildman–Crippen LogP) is 4.41. The summed E-state index contributed by atoms with van der Waals surface area (Å²) in [7, 11) is 0. The number of aromatic nitrogens is 4. The smallest absolute Gasteiger partial charge is 0.335 e. The number of nitrogens with one attached hydrogen (secondary N) is 2. The molecule has 0 fully saturated rings. The summed E-state index contributed by atoms with van der Waals surface area (Å²) in [5, 5.41) is 50.1. The van der Waals surface area contributed by atoms with Gasteiger partial charge >= 0.3 is 23.9 Å². The summed E-state index contributed by atoms with van der Waals surface area (Å²) < 4.78 is 0. The van der Waals surface area contributed by atoms with Crippen LogP contribution in [0.5, 0.6) is 0 Å². The van der Waals surface area contributed by atoms with Crippen LogP contribution in [0.2, 0.25) is 0 Å². The molecule has 0 aliphatic carbocycles. The van der Waals surface area contributed by atoms with Gasteiger partial charge in [0.1, 0.15) is 0 Å². The second kappa shape index (κ2) is 19.7. The molecule has 0 aliphatic rings. The Morgan fingerprint density at radius 2 is 0.674 bits per heavy atom. The van der Waals surface area contributed by atoms with Gasteiger partial charge in [-0.15, -0.1) is 0 Å². The third-order valence-corrected chi connectivity index (χ3v) is 4.55. The SMILES string of the molecule is N=C=S.N=C=S.O=C(O)c1ccnc(-c2cc(C(=O)O)ccn2)c1.O=C(O)c1ccnc(-c2cc(C(=O)O)ccn2)c1.[Ru]. The van der Waals surface area contributed by atoms with Crippen molar-refractivity contribution in [2.75, 3.05) is 0 Å². The first-order chi connectivity index (χ1) is 20.0. The van der Waals surface area contributed by atoms with Crippen molar-refractivity contribution in [1.29, 1.82) is 10.8 Å². The van der Waals surface area contributed by atoms with E-state index < -0.39 is 23.9 Å². The molecule has 4 heterocycles. The molecule has 17 heteroatoms. The average Bonchev–Trinajstić information content (AvgIpc) is 2.98. The molecule has 6 N–H and O–H groups in total. The minimum absolute atomic E-state index is 0. The molecule has 0 aliphatic heterocycles. The van der Waals surface area contributed by atoms with Gasteiger partial charge in [0.15, 0.2) is 0 Å². The second-order valence-electron chi connectivity index (χ2n) is 7.14. The first-order valence-electron chi connectivity index (χ1n) is 10.8. The zero-order valence-corrected chi connectivity index (χ0v) is 24.7. The third kappa shape index (κ3) is 12.8. The van der Waals surface area contributed by atoms with E-state index in [4.69, 9.17) is 31.2 Å². The van der Waals surface area contributed by atoms with Crippen LogP contribution in [0.1, 0.15) is 41.4 Å². The van der Waals surface area contributed by atoms with E-state index in [9.17, 15) is 19.2 Å². The molecule has 0 saturated heterocycles. The maximum absolute atomic E-state index is 10.8. The first kappa shape index (κ1) is 37.7. The minimum atomic E-state index is -1.08. The molecule has 0 bridgehead atoms. The molecular formula is C26H18N6O8RuS2. The van der Waals surface area contributed by atoms with Crippen LogP contribution in [0.15, 0.2) is 73.3 Å². The largest absolute Gasteiger partial charge is 0.478 e. The maximum atomic E-state index is 10.8. The number of isothiocyanates is 2. The zero-order chi connectivity index (χ0) is 31.7. The molecule has 4 aromatic heterocycles. The Hall–Kier alpha value is -5.30. The van der Waals surface area contributed by atoms with Gasteiger partial charge in [0.25, 0.3) is 0 Å².